The Hall–Kier alpha value is -2.59. The van der Waals surface area contributed by atoms with Crippen molar-refractivity contribution in [2.45, 2.75) is 17.1 Å². The molecule has 0 aliphatic rings. The van der Waals surface area contributed by atoms with Crippen LogP contribution >= 0.6 is 0 Å². The number of hydrogen-bond donors (Lipinski definition) is 0. The summed E-state index contributed by atoms with van der Waals surface area (Å²) >= 11 is 0. The number of aromatic nitrogens is 2. The van der Waals surface area contributed by atoms with Crippen LogP contribution < -0.4 is 4.74 Å². The topological polar surface area (TPSA) is 63.9 Å². The molecule has 6 nitrogen and oxygen atoms in total. The molecule has 3 aromatic rings. The third-order valence-electron chi connectivity index (χ3n) is 4.14. The van der Waals surface area contributed by atoms with Crippen molar-refractivity contribution in [1.29, 1.82) is 0 Å². The lowest BCUT2D eigenvalue weighted by atomic mass is 10.1. The van der Waals surface area contributed by atoms with Gasteiger partial charge in [-0.05, 0) is 29.8 Å². The Labute approximate surface area is 153 Å². The minimum atomic E-state index is -4.81. The summed E-state index contributed by atoms with van der Waals surface area (Å²) < 4.78 is 73.6. The van der Waals surface area contributed by atoms with Gasteiger partial charge in [-0.1, -0.05) is 12.1 Å². The zero-order valence-electron chi connectivity index (χ0n) is 14.4. The number of nitrogens with zero attached hydrogens (tertiary/aromatic N) is 3. The van der Waals surface area contributed by atoms with Crippen molar-refractivity contribution >= 4 is 15.7 Å². The molecule has 0 fully saturated rings. The van der Waals surface area contributed by atoms with Gasteiger partial charge in [0.15, 0.2) is 0 Å². The predicted octanol–water partition coefficient (Wildman–Crippen LogP) is 3.27. The van der Waals surface area contributed by atoms with E-state index in [0.717, 1.165) is 7.05 Å². The maximum Gasteiger partial charge on any atom is 0.409 e. The van der Waals surface area contributed by atoms with Crippen LogP contribution in [0.25, 0.3) is 5.65 Å². The van der Waals surface area contributed by atoms with Crippen molar-refractivity contribution in [3.63, 3.8) is 0 Å². The van der Waals surface area contributed by atoms with E-state index in [4.69, 9.17) is 4.74 Å². The van der Waals surface area contributed by atoms with E-state index in [9.17, 15) is 21.6 Å². The molecular weight excluding hydrogens is 383 g/mol. The Morgan fingerprint density at radius 2 is 1.81 bits per heavy atom. The maximum atomic E-state index is 13.7. The van der Waals surface area contributed by atoms with Crippen LogP contribution in [0.5, 0.6) is 5.75 Å². The molecule has 0 saturated heterocycles. The molecule has 144 valence electrons. The molecule has 1 atom stereocenters. The zero-order valence-corrected chi connectivity index (χ0v) is 15.2. The zero-order chi connectivity index (χ0) is 19.8. The molecule has 0 N–H and O–H groups in total. The molecule has 1 aromatic carbocycles. The Balaban J connectivity index is 2.05. The standard InChI is InChI=1S/C17H16F3N3O3S/c1-22(16(17(18,19)20)12-3-5-13(26-2)6-4-12)27(24,25)14-7-8-15-21-9-10-23(15)11-14/h3-11,16H,1-2H3/t16-/m1/s1. The summed E-state index contributed by atoms with van der Waals surface area (Å²) in [6, 6.07) is 5.42. The van der Waals surface area contributed by atoms with E-state index in [1.54, 1.807) is 0 Å². The van der Waals surface area contributed by atoms with E-state index >= 15 is 0 Å². The minimum absolute atomic E-state index is 0.210. The number of benzene rings is 1. The molecule has 0 aliphatic heterocycles. The molecular formula is C17H16F3N3O3S. The van der Waals surface area contributed by atoms with Gasteiger partial charge in [0.2, 0.25) is 10.0 Å². The molecule has 27 heavy (non-hydrogen) atoms. The fourth-order valence-corrected chi connectivity index (χ4v) is 4.09. The number of alkyl halides is 3. The minimum Gasteiger partial charge on any atom is -0.497 e. The van der Waals surface area contributed by atoms with Crippen molar-refractivity contribution in [1.82, 2.24) is 13.7 Å². The summed E-state index contributed by atoms with van der Waals surface area (Å²) in [5.41, 5.74) is 0.275. The third kappa shape index (κ3) is 3.62. The van der Waals surface area contributed by atoms with Crippen LogP contribution in [0.2, 0.25) is 0 Å². The van der Waals surface area contributed by atoms with Crippen molar-refractivity contribution in [3.8, 4) is 5.75 Å². The van der Waals surface area contributed by atoms with E-state index < -0.39 is 22.2 Å². The van der Waals surface area contributed by atoms with E-state index in [2.05, 4.69) is 4.98 Å². The number of pyridine rings is 1. The summed E-state index contributed by atoms with van der Waals surface area (Å²) in [7, 11) is -2.12. The van der Waals surface area contributed by atoms with Gasteiger partial charge in [0.25, 0.3) is 0 Å². The highest BCUT2D eigenvalue weighted by Crippen LogP contribution is 2.40. The van der Waals surface area contributed by atoms with Crippen LogP contribution in [0.4, 0.5) is 13.2 Å². The largest absolute Gasteiger partial charge is 0.497 e. The highest BCUT2D eigenvalue weighted by Gasteiger charge is 2.47. The fraction of sp³-hybridized carbons (Fsp3) is 0.235. The quantitative estimate of drug-likeness (QED) is 0.661. The molecule has 0 spiro atoms. The number of ether oxygens (including phenoxy) is 1. The highest BCUT2D eigenvalue weighted by molar-refractivity contribution is 7.89. The number of methoxy groups -OCH3 is 1. The summed E-state index contributed by atoms with van der Waals surface area (Å²) in [4.78, 5) is 3.72. The Bertz CT molecular complexity index is 1050. The van der Waals surface area contributed by atoms with Crippen LogP contribution in [-0.4, -0.2) is 42.4 Å². The van der Waals surface area contributed by atoms with Crippen LogP contribution in [0.15, 0.2) is 59.9 Å². The monoisotopic (exact) mass is 399 g/mol. The predicted molar refractivity (Wildman–Crippen MR) is 91.9 cm³/mol. The number of halogens is 3. The average Bonchev–Trinajstić information content (AvgIpc) is 3.09. The second-order valence-corrected chi connectivity index (χ2v) is 7.79. The van der Waals surface area contributed by atoms with Crippen molar-refractivity contribution < 1.29 is 26.3 Å². The SMILES string of the molecule is COc1ccc([C@@H](N(C)S(=O)(=O)c2ccc3nccn3c2)C(F)(F)F)cc1. The first-order valence-electron chi connectivity index (χ1n) is 7.76. The molecule has 2 aromatic heterocycles. The molecule has 10 heteroatoms. The van der Waals surface area contributed by atoms with Gasteiger partial charge in [-0.2, -0.15) is 17.5 Å². The van der Waals surface area contributed by atoms with E-state index in [0.29, 0.717) is 15.7 Å². The van der Waals surface area contributed by atoms with Gasteiger partial charge in [-0.25, -0.2) is 13.4 Å². The Morgan fingerprint density at radius 1 is 1.15 bits per heavy atom. The van der Waals surface area contributed by atoms with Gasteiger partial charge in [0.05, 0.1) is 12.0 Å². The molecule has 0 unspecified atom stereocenters. The first kappa shape index (κ1) is 19.2. The van der Waals surface area contributed by atoms with Crippen molar-refractivity contribution in [3.05, 3.63) is 60.6 Å². The third-order valence-corrected chi connectivity index (χ3v) is 5.95. The van der Waals surface area contributed by atoms with Gasteiger partial charge >= 0.3 is 6.18 Å². The van der Waals surface area contributed by atoms with Crippen LogP contribution in [0.1, 0.15) is 11.6 Å². The summed E-state index contributed by atoms with van der Waals surface area (Å²) in [6.45, 7) is 0. The van der Waals surface area contributed by atoms with Gasteiger partial charge in [0.1, 0.15) is 17.4 Å². The average molecular weight is 399 g/mol. The number of hydrogen-bond acceptors (Lipinski definition) is 4. The van der Waals surface area contributed by atoms with Crippen LogP contribution in [0, 0.1) is 0 Å². The van der Waals surface area contributed by atoms with Gasteiger partial charge in [0, 0.05) is 25.6 Å². The van der Waals surface area contributed by atoms with E-state index in [-0.39, 0.29) is 10.5 Å². The number of fused-ring (bicyclic) bond motifs is 1. The molecule has 2 heterocycles. The second kappa shape index (κ2) is 6.86. The van der Waals surface area contributed by atoms with Crippen LogP contribution in [-0.2, 0) is 10.0 Å². The van der Waals surface area contributed by atoms with Gasteiger partial charge in [-0.15, -0.1) is 0 Å². The molecule has 3 rings (SSSR count). The second-order valence-electron chi connectivity index (χ2n) is 5.80. The Kier molecular flexibility index (Phi) is 4.87. The fourth-order valence-electron chi connectivity index (χ4n) is 2.75. The normalized spacial score (nSPS) is 13.9. The number of sulfonamides is 1. The maximum absolute atomic E-state index is 13.7. The first-order chi connectivity index (χ1) is 12.6. The summed E-state index contributed by atoms with van der Waals surface area (Å²) in [5, 5.41) is 0. The molecule has 0 amide bonds. The van der Waals surface area contributed by atoms with E-state index in [1.807, 2.05) is 0 Å². The molecule has 0 saturated carbocycles. The lowest BCUT2D eigenvalue weighted by Crippen LogP contribution is -2.39. The van der Waals surface area contributed by atoms with E-state index in [1.165, 1.54) is 66.5 Å². The van der Waals surface area contributed by atoms with Crippen LogP contribution in [0.3, 0.4) is 0 Å². The first-order valence-corrected chi connectivity index (χ1v) is 9.20. The lowest BCUT2D eigenvalue weighted by Gasteiger charge is -2.29. The molecule has 0 radical (unpaired) electrons. The van der Waals surface area contributed by atoms with Crippen molar-refractivity contribution in [2.75, 3.05) is 14.2 Å². The van der Waals surface area contributed by atoms with Gasteiger partial charge < -0.3 is 9.14 Å². The number of imidazole rings is 1. The Morgan fingerprint density at radius 3 is 2.41 bits per heavy atom. The lowest BCUT2D eigenvalue weighted by molar-refractivity contribution is -0.171. The number of rotatable bonds is 5. The van der Waals surface area contributed by atoms with Crippen molar-refractivity contribution in [2.24, 2.45) is 0 Å². The summed E-state index contributed by atoms with van der Waals surface area (Å²) in [6.07, 6.45) is -0.602. The highest BCUT2D eigenvalue weighted by atomic mass is 32.2. The molecule has 0 bridgehead atoms. The van der Waals surface area contributed by atoms with Gasteiger partial charge in [-0.3, -0.25) is 0 Å². The smallest absolute Gasteiger partial charge is 0.409 e. The molecule has 0 aliphatic carbocycles. The summed E-state index contributed by atoms with van der Waals surface area (Å²) in [5.74, 6) is 0.371.